The van der Waals surface area contributed by atoms with Gasteiger partial charge in [-0.25, -0.2) is 0 Å². The average molecular weight is 204 g/mol. The lowest BCUT2D eigenvalue weighted by molar-refractivity contribution is 0.533. The average Bonchev–Trinajstić information content (AvgIpc) is 2.43. The number of hydrogen-bond donors (Lipinski definition) is 1. The van der Waals surface area contributed by atoms with E-state index in [0.29, 0.717) is 12.0 Å². The molecule has 0 amide bonds. The maximum Gasteiger partial charge on any atom is 0.0305 e. The minimum atomic E-state index is 0.386. The topological polar surface area (TPSA) is 38.9 Å². The Balaban J connectivity index is 2.18. The molecule has 0 bridgehead atoms. The van der Waals surface area contributed by atoms with Crippen molar-refractivity contribution < 1.29 is 0 Å². The second kappa shape index (κ2) is 4.75. The van der Waals surface area contributed by atoms with Crippen molar-refractivity contribution in [1.82, 2.24) is 4.98 Å². The molecule has 15 heavy (non-hydrogen) atoms. The van der Waals surface area contributed by atoms with Gasteiger partial charge in [-0.1, -0.05) is 12.8 Å². The van der Waals surface area contributed by atoms with Gasteiger partial charge in [0, 0.05) is 18.4 Å². The lowest BCUT2D eigenvalue weighted by Crippen LogP contribution is -2.21. The Kier molecular flexibility index (Phi) is 3.37. The number of aromatic nitrogens is 1. The van der Waals surface area contributed by atoms with Crippen LogP contribution in [0, 0.1) is 6.92 Å². The van der Waals surface area contributed by atoms with Crippen molar-refractivity contribution in [2.45, 2.75) is 51.0 Å². The van der Waals surface area contributed by atoms with Crippen molar-refractivity contribution in [1.29, 1.82) is 0 Å². The Morgan fingerprint density at radius 2 is 2.13 bits per heavy atom. The van der Waals surface area contributed by atoms with Gasteiger partial charge in [-0.2, -0.15) is 0 Å². The van der Waals surface area contributed by atoms with E-state index in [0.717, 1.165) is 6.42 Å². The molecule has 82 valence electrons. The highest BCUT2D eigenvalue weighted by Gasteiger charge is 2.20. The number of nitrogens with two attached hydrogens (primary N) is 1. The van der Waals surface area contributed by atoms with Crippen LogP contribution in [-0.4, -0.2) is 11.0 Å². The predicted octanol–water partition coefficient (Wildman–Crippen LogP) is 2.77. The fraction of sp³-hybridized carbons (Fsp3) is 0.615. The summed E-state index contributed by atoms with van der Waals surface area (Å²) >= 11 is 0. The van der Waals surface area contributed by atoms with Gasteiger partial charge in [0.2, 0.25) is 0 Å². The number of aryl methyl sites for hydroxylation is 1. The van der Waals surface area contributed by atoms with E-state index in [9.17, 15) is 0 Å². The van der Waals surface area contributed by atoms with Crippen molar-refractivity contribution in [2.24, 2.45) is 5.73 Å². The van der Waals surface area contributed by atoms with E-state index >= 15 is 0 Å². The molecule has 2 unspecified atom stereocenters. The SMILES string of the molecule is Cc1ccncc1C1CCCCC(N)C1. The zero-order chi connectivity index (χ0) is 10.7. The minimum Gasteiger partial charge on any atom is -0.328 e. The molecule has 1 saturated carbocycles. The van der Waals surface area contributed by atoms with Crippen LogP contribution in [0.3, 0.4) is 0 Å². The van der Waals surface area contributed by atoms with Crippen LogP contribution in [0.15, 0.2) is 18.5 Å². The van der Waals surface area contributed by atoms with Crippen molar-refractivity contribution in [3.63, 3.8) is 0 Å². The van der Waals surface area contributed by atoms with Gasteiger partial charge in [0.05, 0.1) is 0 Å². The Labute approximate surface area is 91.9 Å². The van der Waals surface area contributed by atoms with Gasteiger partial charge in [-0.3, -0.25) is 4.98 Å². The monoisotopic (exact) mass is 204 g/mol. The van der Waals surface area contributed by atoms with Gasteiger partial charge in [0.25, 0.3) is 0 Å². The molecule has 1 aromatic rings. The van der Waals surface area contributed by atoms with Crippen molar-refractivity contribution >= 4 is 0 Å². The number of hydrogen-bond acceptors (Lipinski definition) is 2. The number of nitrogens with zero attached hydrogens (tertiary/aromatic N) is 1. The first-order chi connectivity index (χ1) is 7.27. The molecule has 1 aromatic heterocycles. The van der Waals surface area contributed by atoms with Crippen LogP contribution in [-0.2, 0) is 0 Å². The fourth-order valence-corrected chi connectivity index (χ4v) is 2.58. The van der Waals surface area contributed by atoms with Gasteiger partial charge in [-0.05, 0) is 49.3 Å². The zero-order valence-electron chi connectivity index (χ0n) is 9.45. The van der Waals surface area contributed by atoms with E-state index in [1.165, 1.54) is 36.8 Å². The zero-order valence-corrected chi connectivity index (χ0v) is 9.45. The van der Waals surface area contributed by atoms with Crippen LogP contribution in [0.5, 0.6) is 0 Å². The third-order valence-electron chi connectivity index (χ3n) is 3.48. The number of pyridine rings is 1. The lowest BCUT2D eigenvalue weighted by Gasteiger charge is -2.18. The van der Waals surface area contributed by atoms with Crippen LogP contribution in [0.25, 0.3) is 0 Å². The molecule has 0 saturated heterocycles. The molecule has 2 atom stereocenters. The van der Waals surface area contributed by atoms with E-state index in [4.69, 9.17) is 5.73 Å². The molecule has 1 fully saturated rings. The molecule has 0 aromatic carbocycles. The summed E-state index contributed by atoms with van der Waals surface area (Å²) in [4.78, 5) is 4.24. The Bertz CT molecular complexity index is 322. The van der Waals surface area contributed by atoms with E-state index in [-0.39, 0.29) is 0 Å². The summed E-state index contributed by atoms with van der Waals surface area (Å²) in [5, 5.41) is 0. The van der Waals surface area contributed by atoms with Crippen LogP contribution < -0.4 is 5.73 Å². The maximum absolute atomic E-state index is 6.09. The molecule has 2 nitrogen and oxygen atoms in total. The van der Waals surface area contributed by atoms with E-state index < -0.39 is 0 Å². The second-order valence-electron chi connectivity index (χ2n) is 4.71. The molecule has 2 heteroatoms. The summed E-state index contributed by atoms with van der Waals surface area (Å²) in [6.45, 7) is 2.17. The smallest absolute Gasteiger partial charge is 0.0305 e. The Hall–Kier alpha value is -0.890. The fourth-order valence-electron chi connectivity index (χ4n) is 2.58. The Morgan fingerprint density at radius 1 is 1.33 bits per heavy atom. The molecule has 0 spiro atoms. The maximum atomic E-state index is 6.09. The van der Waals surface area contributed by atoms with Crippen LogP contribution in [0.1, 0.15) is 49.1 Å². The molecule has 2 rings (SSSR count). The van der Waals surface area contributed by atoms with Gasteiger partial charge in [0.1, 0.15) is 0 Å². The highest BCUT2D eigenvalue weighted by atomic mass is 14.6. The normalized spacial score (nSPS) is 27.3. The van der Waals surface area contributed by atoms with E-state index in [1.54, 1.807) is 0 Å². The van der Waals surface area contributed by atoms with Gasteiger partial charge in [0.15, 0.2) is 0 Å². The first-order valence-corrected chi connectivity index (χ1v) is 5.93. The van der Waals surface area contributed by atoms with Crippen LogP contribution in [0.2, 0.25) is 0 Å². The van der Waals surface area contributed by atoms with Gasteiger partial charge >= 0.3 is 0 Å². The molecular weight excluding hydrogens is 184 g/mol. The van der Waals surface area contributed by atoms with E-state index in [1.807, 2.05) is 12.4 Å². The lowest BCUT2D eigenvalue weighted by atomic mass is 9.89. The molecule has 1 aliphatic rings. The highest BCUT2D eigenvalue weighted by Crippen LogP contribution is 2.32. The molecule has 1 aliphatic carbocycles. The molecule has 0 aliphatic heterocycles. The first kappa shape index (κ1) is 10.6. The summed E-state index contributed by atoms with van der Waals surface area (Å²) < 4.78 is 0. The van der Waals surface area contributed by atoms with E-state index in [2.05, 4.69) is 18.0 Å². The summed E-state index contributed by atoms with van der Waals surface area (Å²) in [7, 11) is 0. The summed E-state index contributed by atoms with van der Waals surface area (Å²) in [6, 6.07) is 2.49. The van der Waals surface area contributed by atoms with Crippen molar-refractivity contribution in [2.75, 3.05) is 0 Å². The Morgan fingerprint density at radius 3 is 2.93 bits per heavy atom. The third-order valence-corrected chi connectivity index (χ3v) is 3.48. The summed E-state index contributed by atoms with van der Waals surface area (Å²) in [5.41, 5.74) is 8.87. The van der Waals surface area contributed by atoms with Gasteiger partial charge in [-0.15, -0.1) is 0 Å². The largest absolute Gasteiger partial charge is 0.328 e. The van der Waals surface area contributed by atoms with Gasteiger partial charge < -0.3 is 5.73 Å². The highest BCUT2D eigenvalue weighted by molar-refractivity contribution is 5.25. The molecule has 2 N–H and O–H groups in total. The molecule has 1 heterocycles. The summed E-state index contributed by atoms with van der Waals surface area (Å²) in [5.74, 6) is 0.635. The summed E-state index contributed by atoms with van der Waals surface area (Å²) in [6.07, 6.45) is 10.1. The first-order valence-electron chi connectivity index (χ1n) is 5.93. The van der Waals surface area contributed by atoms with Crippen LogP contribution >= 0.6 is 0 Å². The predicted molar refractivity (Wildman–Crippen MR) is 62.8 cm³/mol. The quantitative estimate of drug-likeness (QED) is 0.714. The number of rotatable bonds is 1. The minimum absolute atomic E-state index is 0.386. The standard InChI is InChI=1S/C13H20N2/c1-10-6-7-15-9-13(10)11-4-2-3-5-12(14)8-11/h6-7,9,11-12H,2-5,8,14H2,1H3. The van der Waals surface area contributed by atoms with Crippen molar-refractivity contribution in [3.05, 3.63) is 29.6 Å². The second-order valence-corrected chi connectivity index (χ2v) is 4.71. The molecule has 0 radical (unpaired) electrons. The van der Waals surface area contributed by atoms with Crippen molar-refractivity contribution in [3.8, 4) is 0 Å². The third kappa shape index (κ3) is 2.57. The molecular formula is C13H20N2. The van der Waals surface area contributed by atoms with Crippen LogP contribution in [0.4, 0.5) is 0 Å².